The van der Waals surface area contributed by atoms with E-state index >= 15 is 0 Å². The van der Waals surface area contributed by atoms with Crippen molar-refractivity contribution in [1.82, 2.24) is 5.32 Å². The summed E-state index contributed by atoms with van der Waals surface area (Å²) in [6.45, 7) is 10.8. The second-order valence-electron chi connectivity index (χ2n) is 5.49. The standard InChI is InChI=1S/C16H29N3O/c1-4-6-7-8-9-10-16-18-12-14-19(16,5-2)13-11-17-15(3)20/h7-8H,4-6,9-14H2,1-3H3/p+1/b8-7+. The number of quaternary nitrogens is 1. The van der Waals surface area contributed by atoms with E-state index < -0.39 is 0 Å². The summed E-state index contributed by atoms with van der Waals surface area (Å²) in [4.78, 5) is 15.7. The third-order valence-corrected chi connectivity index (χ3v) is 4.05. The van der Waals surface area contributed by atoms with Crippen LogP contribution in [0.1, 0.15) is 46.5 Å². The summed E-state index contributed by atoms with van der Waals surface area (Å²) >= 11 is 0. The van der Waals surface area contributed by atoms with E-state index in [-0.39, 0.29) is 5.91 Å². The van der Waals surface area contributed by atoms with E-state index in [0.29, 0.717) is 0 Å². The van der Waals surface area contributed by atoms with Gasteiger partial charge in [-0.3, -0.25) is 9.28 Å². The first-order valence-corrected chi connectivity index (χ1v) is 7.94. The average molecular weight is 280 g/mol. The van der Waals surface area contributed by atoms with Crippen molar-refractivity contribution in [1.29, 1.82) is 0 Å². The minimum Gasteiger partial charge on any atom is -0.351 e. The number of nitrogens with zero attached hydrogens (tertiary/aromatic N) is 2. The van der Waals surface area contributed by atoms with E-state index in [1.165, 1.54) is 18.7 Å². The predicted molar refractivity (Wildman–Crippen MR) is 84.8 cm³/mol. The van der Waals surface area contributed by atoms with Gasteiger partial charge in [0.1, 0.15) is 13.1 Å². The van der Waals surface area contributed by atoms with Crippen molar-refractivity contribution in [2.45, 2.75) is 46.5 Å². The van der Waals surface area contributed by atoms with Gasteiger partial charge in [-0.1, -0.05) is 25.5 Å². The summed E-state index contributed by atoms with van der Waals surface area (Å²) in [5.41, 5.74) is 0. The third kappa shape index (κ3) is 5.08. The van der Waals surface area contributed by atoms with Gasteiger partial charge in [0.25, 0.3) is 0 Å². The van der Waals surface area contributed by atoms with Crippen molar-refractivity contribution in [3.8, 4) is 0 Å². The molecule has 1 rings (SSSR count). The van der Waals surface area contributed by atoms with Crippen molar-refractivity contribution in [3.63, 3.8) is 0 Å². The number of hydrogen-bond donors (Lipinski definition) is 1. The Bertz CT molecular complexity index is 363. The molecule has 0 aromatic carbocycles. The Morgan fingerprint density at radius 2 is 2.10 bits per heavy atom. The van der Waals surface area contributed by atoms with Gasteiger partial charge in [-0.2, -0.15) is 0 Å². The molecule has 0 radical (unpaired) electrons. The van der Waals surface area contributed by atoms with Crippen LogP contribution in [0.15, 0.2) is 17.1 Å². The highest BCUT2D eigenvalue weighted by Gasteiger charge is 2.35. The first kappa shape index (κ1) is 16.9. The number of amides is 1. The highest BCUT2D eigenvalue weighted by Crippen LogP contribution is 2.18. The van der Waals surface area contributed by atoms with E-state index in [2.05, 4.69) is 31.3 Å². The van der Waals surface area contributed by atoms with Crippen LogP contribution in [0.25, 0.3) is 0 Å². The summed E-state index contributed by atoms with van der Waals surface area (Å²) in [6.07, 6.45) is 9.06. The molecule has 0 aromatic heterocycles. The highest BCUT2D eigenvalue weighted by atomic mass is 16.1. The number of nitrogens with one attached hydrogen (secondary N) is 1. The molecule has 0 spiro atoms. The number of unbranched alkanes of at least 4 members (excludes halogenated alkanes) is 1. The van der Waals surface area contributed by atoms with Gasteiger partial charge in [0, 0.05) is 13.3 Å². The zero-order chi connectivity index (χ0) is 14.8. The molecule has 1 aliphatic heterocycles. The van der Waals surface area contributed by atoms with E-state index in [1.54, 1.807) is 6.92 Å². The molecule has 4 heteroatoms. The second-order valence-corrected chi connectivity index (χ2v) is 5.49. The van der Waals surface area contributed by atoms with Gasteiger partial charge in [-0.15, -0.1) is 0 Å². The van der Waals surface area contributed by atoms with Crippen LogP contribution in [-0.2, 0) is 4.79 Å². The monoisotopic (exact) mass is 280 g/mol. The van der Waals surface area contributed by atoms with Crippen LogP contribution in [0.5, 0.6) is 0 Å². The quantitative estimate of drug-likeness (QED) is 0.512. The molecule has 1 atom stereocenters. The Morgan fingerprint density at radius 1 is 1.35 bits per heavy atom. The summed E-state index contributed by atoms with van der Waals surface area (Å²) in [5, 5.41) is 2.91. The zero-order valence-corrected chi connectivity index (χ0v) is 13.3. The van der Waals surface area contributed by atoms with Crippen molar-refractivity contribution < 1.29 is 9.28 Å². The zero-order valence-electron chi connectivity index (χ0n) is 13.3. The van der Waals surface area contributed by atoms with Crippen LogP contribution in [0.4, 0.5) is 0 Å². The van der Waals surface area contributed by atoms with Crippen LogP contribution in [0.3, 0.4) is 0 Å². The molecule has 1 unspecified atom stereocenters. The molecule has 1 N–H and O–H groups in total. The Morgan fingerprint density at radius 3 is 2.75 bits per heavy atom. The second kappa shape index (κ2) is 8.90. The fraction of sp³-hybridized carbons (Fsp3) is 0.750. The maximum Gasteiger partial charge on any atom is 0.217 e. The van der Waals surface area contributed by atoms with Crippen molar-refractivity contribution >= 4 is 11.7 Å². The molecule has 20 heavy (non-hydrogen) atoms. The number of carbonyl (C=O) groups excluding carboxylic acids is 1. The summed E-state index contributed by atoms with van der Waals surface area (Å²) in [6, 6.07) is 0. The van der Waals surface area contributed by atoms with Crippen LogP contribution >= 0.6 is 0 Å². The minimum atomic E-state index is 0.0550. The lowest BCUT2D eigenvalue weighted by atomic mass is 10.2. The fourth-order valence-electron chi connectivity index (χ4n) is 2.77. The Kier molecular flexibility index (Phi) is 7.52. The molecule has 114 valence electrons. The molecule has 0 bridgehead atoms. The molecule has 1 aliphatic rings. The lowest BCUT2D eigenvalue weighted by molar-refractivity contribution is -0.833. The lowest BCUT2D eigenvalue weighted by Crippen LogP contribution is -2.54. The first-order valence-electron chi connectivity index (χ1n) is 7.94. The van der Waals surface area contributed by atoms with Gasteiger partial charge >= 0.3 is 0 Å². The largest absolute Gasteiger partial charge is 0.351 e. The van der Waals surface area contributed by atoms with Crippen molar-refractivity contribution in [2.75, 3.05) is 32.7 Å². The van der Waals surface area contributed by atoms with Crippen LogP contribution in [-0.4, -0.2) is 48.9 Å². The van der Waals surface area contributed by atoms with E-state index in [1.807, 2.05) is 0 Å². The topological polar surface area (TPSA) is 41.5 Å². The Balaban J connectivity index is 2.48. The Hall–Kier alpha value is -1.16. The fourth-order valence-corrected chi connectivity index (χ4v) is 2.77. The number of aliphatic imine (C=N–C) groups is 1. The van der Waals surface area contributed by atoms with Crippen LogP contribution in [0.2, 0.25) is 0 Å². The maximum absolute atomic E-state index is 11.0. The highest BCUT2D eigenvalue weighted by molar-refractivity contribution is 5.77. The third-order valence-electron chi connectivity index (χ3n) is 4.05. The van der Waals surface area contributed by atoms with E-state index in [4.69, 9.17) is 4.99 Å². The summed E-state index contributed by atoms with van der Waals surface area (Å²) in [5.74, 6) is 1.37. The molecular formula is C16H30N3O+. The van der Waals surface area contributed by atoms with Crippen LogP contribution in [0, 0.1) is 0 Å². The number of carbonyl (C=O) groups is 1. The van der Waals surface area contributed by atoms with Gasteiger partial charge < -0.3 is 5.32 Å². The normalized spacial score (nSPS) is 22.2. The number of allylic oxidation sites excluding steroid dienone is 2. The number of amidine groups is 1. The lowest BCUT2D eigenvalue weighted by Gasteiger charge is -2.33. The summed E-state index contributed by atoms with van der Waals surface area (Å²) < 4.78 is 0.960. The molecule has 1 amide bonds. The molecule has 0 aliphatic carbocycles. The Labute approximate surface area is 123 Å². The van der Waals surface area contributed by atoms with Gasteiger partial charge in [-0.05, 0) is 19.8 Å². The average Bonchev–Trinajstić information content (AvgIpc) is 2.82. The van der Waals surface area contributed by atoms with Gasteiger partial charge in [-0.25, -0.2) is 4.99 Å². The molecule has 0 fully saturated rings. The maximum atomic E-state index is 11.0. The smallest absolute Gasteiger partial charge is 0.217 e. The van der Waals surface area contributed by atoms with Crippen molar-refractivity contribution in [3.05, 3.63) is 12.2 Å². The molecule has 4 nitrogen and oxygen atoms in total. The first-order chi connectivity index (χ1) is 9.64. The SMILES string of the molecule is CCC/C=C/CCC1=NCC[N+]1(CC)CCNC(C)=O. The molecule has 1 heterocycles. The molecular weight excluding hydrogens is 250 g/mol. The summed E-state index contributed by atoms with van der Waals surface area (Å²) in [7, 11) is 0. The molecule has 0 saturated carbocycles. The van der Waals surface area contributed by atoms with E-state index in [0.717, 1.165) is 50.0 Å². The minimum absolute atomic E-state index is 0.0550. The van der Waals surface area contributed by atoms with Gasteiger partial charge in [0.05, 0.1) is 19.6 Å². The number of hydrogen-bond acceptors (Lipinski definition) is 2. The van der Waals surface area contributed by atoms with Crippen molar-refractivity contribution in [2.24, 2.45) is 4.99 Å². The van der Waals surface area contributed by atoms with Gasteiger partial charge in [0.2, 0.25) is 5.91 Å². The number of likely N-dealkylation sites (N-methyl/N-ethyl adjacent to an activating group) is 1. The molecule has 0 aromatic rings. The number of rotatable bonds is 9. The predicted octanol–water partition coefficient (Wildman–Crippen LogP) is 2.51. The van der Waals surface area contributed by atoms with Gasteiger partial charge in [0.15, 0.2) is 5.84 Å². The van der Waals surface area contributed by atoms with Crippen LogP contribution < -0.4 is 5.32 Å². The molecule has 0 saturated heterocycles. The van der Waals surface area contributed by atoms with E-state index in [9.17, 15) is 4.79 Å².